The number of aromatic nitrogens is 2. The Morgan fingerprint density at radius 1 is 1.06 bits per heavy atom. The zero-order valence-corrected chi connectivity index (χ0v) is 20.2. The average Bonchev–Trinajstić information content (AvgIpc) is 2.82. The minimum Gasteiger partial charge on any atom is -0.595 e. The third kappa shape index (κ3) is 5.92. The predicted octanol–water partition coefficient (Wildman–Crippen LogP) is 3.48. The van der Waals surface area contributed by atoms with E-state index in [-0.39, 0.29) is 17.4 Å². The Morgan fingerprint density at radius 2 is 1.77 bits per heavy atom. The molecule has 12 heteroatoms. The molecule has 1 amide bonds. The summed E-state index contributed by atoms with van der Waals surface area (Å²) >= 11 is 12.6. The molecular weight excluding hydrogens is 493 g/mol. The van der Waals surface area contributed by atoms with Crippen molar-refractivity contribution in [3.05, 3.63) is 57.7 Å². The lowest BCUT2D eigenvalue weighted by atomic mass is 10.1. The van der Waals surface area contributed by atoms with Crippen molar-refractivity contribution in [1.29, 1.82) is 0 Å². The van der Waals surface area contributed by atoms with Crippen LogP contribution in [0.4, 0.5) is 28.8 Å². The summed E-state index contributed by atoms with van der Waals surface area (Å²) in [4.78, 5) is 23.2. The molecule has 2 aromatic heterocycles. The van der Waals surface area contributed by atoms with Gasteiger partial charge in [0.05, 0.1) is 16.4 Å². The third-order valence-electron chi connectivity index (χ3n) is 5.57. The Kier molecular flexibility index (Phi) is 7.89. The van der Waals surface area contributed by atoms with E-state index in [1.54, 1.807) is 29.2 Å². The predicted molar refractivity (Wildman–Crippen MR) is 137 cm³/mol. The van der Waals surface area contributed by atoms with Crippen LogP contribution in [0, 0.1) is 5.21 Å². The maximum absolute atomic E-state index is 12.6. The number of nitrogen functional groups attached to an aromatic ring is 1. The van der Waals surface area contributed by atoms with Crippen LogP contribution in [0.15, 0.2) is 42.5 Å². The Labute approximate surface area is 212 Å². The number of pyridine rings is 2. The highest BCUT2D eigenvalue weighted by Gasteiger charge is 2.24. The maximum atomic E-state index is 12.6. The molecule has 3 aromatic rings. The molecule has 3 heterocycles. The molecule has 0 spiro atoms. The van der Waals surface area contributed by atoms with Crippen LogP contribution in [0.25, 0.3) is 11.3 Å². The van der Waals surface area contributed by atoms with E-state index in [2.05, 4.69) is 15.6 Å². The van der Waals surface area contributed by atoms with Crippen molar-refractivity contribution in [2.24, 2.45) is 0 Å². The molecule has 1 aliphatic heterocycles. The van der Waals surface area contributed by atoms with Crippen LogP contribution in [0.3, 0.4) is 0 Å². The van der Waals surface area contributed by atoms with E-state index in [9.17, 15) is 10.0 Å². The van der Waals surface area contributed by atoms with Gasteiger partial charge in [-0.25, -0.2) is 15.2 Å². The molecule has 0 aliphatic carbocycles. The van der Waals surface area contributed by atoms with Crippen molar-refractivity contribution in [3.8, 4) is 11.3 Å². The number of piperidine rings is 1. The second-order valence-electron chi connectivity index (χ2n) is 7.98. The number of benzene rings is 1. The molecule has 184 valence electrons. The lowest BCUT2D eigenvalue weighted by Crippen LogP contribution is -2.99. The summed E-state index contributed by atoms with van der Waals surface area (Å²) < 4.78 is 0. The second-order valence-corrected chi connectivity index (χ2v) is 8.82. The van der Waals surface area contributed by atoms with Gasteiger partial charge in [-0.3, -0.25) is 4.79 Å². The molecule has 1 unspecified atom stereocenters. The Morgan fingerprint density at radius 3 is 2.43 bits per heavy atom. The van der Waals surface area contributed by atoms with E-state index in [4.69, 9.17) is 39.1 Å². The van der Waals surface area contributed by atoms with Crippen molar-refractivity contribution >= 4 is 57.9 Å². The fraction of sp³-hybridized carbons (Fsp3) is 0.261. The molecule has 1 aromatic carbocycles. The van der Waals surface area contributed by atoms with Gasteiger partial charge >= 0.3 is 0 Å². The minimum absolute atomic E-state index is 0.0430. The van der Waals surface area contributed by atoms with Gasteiger partial charge in [-0.1, -0.05) is 23.2 Å². The van der Waals surface area contributed by atoms with Crippen molar-refractivity contribution in [3.63, 3.8) is 0 Å². The summed E-state index contributed by atoms with van der Waals surface area (Å²) in [5.74, 6) is 1.09. The van der Waals surface area contributed by atoms with Gasteiger partial charge in [-0.2, -0.15) is 5.23 Å². The molecule has 1 fully saturated rings. The molecule has 10 nitrogen and oxygen atoms in total. The number of nitrogens with zero attached hydrogens (tertiary/aromatic N) is 3. The summed E-state index contributed by atoms with van der Waals surface area (Å²) in [6, 6.07) is 11.9. The number of hydrogen-bond donors (Lipinski definition) is 5. The first-order valence-corrected chi connectivity index (χ1v) is 11.8. The standard InChI is InChI=1S/C23H25Cl2N7O3/c24-14-4-5-15(16(25)13-14)22-17(31-12-2-1-3-21(31)33)6-8-19(29-22)27-10-11-28-20-9-7-18(32(34)35)23(26)30-20/h4-9,13,32,34H,1-3,10-12H2,(H,27,29)(H3,26,28,30). The fourth-order valence-electron chi connectivity index (χ4n) is 3.84. The van der Waals surface area contributed by atoms with Gasteiger partial charge in [0.1, 0.15) is 11.6 Å². The molecule has 0 bridgehead atoms. The first kappa shape index (κ1) is 25.0. The first-order valence-electron chi connectivity index (χ1n) is 11.1. The number of nitrogens with two attached hydrogens (primary N) is 1. The highest BCUT2D eigenvalue weighted by Crippen LogP contribution is 2.37. The van der Waals surface area contributed by atoms with Crippen LogP contribution in [0.1, 0.15) is 19.3 Å². The number of anilines is 4. The number of nitrogens with one attached hydrogen (secondary N) is 3. The normalized spacial score (nSPS) is 14.6. The van der Waals surface area contributed by atoms with Gasteiger partial charge in [0, 0.05) is 42.7 Å². The van der Waals surface area contributed by atoms with Crippen molar-refractivity contribution in [2.45, 2.75) is 19.3 Å². The summed E-state index contributed by atoms with van der Waals surface area (Å²) in [6.07, 6.45) is 2.31. The molecule has 0 radical (unpaired) electrons. The van der Waals surface area contributed by atoms with Crippen LogP contribution in [0.2, 0.25) is 10.0 Å². The van der Waals surface area contributed by atoms with Crippen LogP contribution in [0.5, 0.6) is 0 Å². The molecule has 1 atom stereocenters. The third-order valence-corrected chi connectivity index (χ3v) is 6.11. The summed E-state index contributed by atoms with van der Waals surface area (Å²) in [7, 11) is 0. The number of hydrogen-bond acceptors (Lipinski definition) is 8. The van der Waals surface area contributed by atoms with Gasteiger partial charge in [-0.15, -0.1) is 0 Å². The molecule has 0 saturated carbocycles. The van der Waals surface area contributed by atoms with Crippen molar-refractivity contribution in [2.75, 3.05) is 40.9 Å². The molecule has 1 saturated heterocycles. The fourth-order valence-corrected chi connectivity index (χ4v) is 4.34. The van der Waals surface area contributed by atoms with E-state index in [0.717, 1.165) is 12.8 Å². The van der Waals surface area contributed by atoms with Gasteiger partial charge < -0.3 is 26.5 Å². The van der Waals surface area contributed by atoms with Crippen molar-refractivity contribution in [1.82, 2.24) is 9.97 Å². The molecular formula is C23H25Cl2N7O3. The van der Waals surface area contributed by atoms with Crippen LogP contribution in [-0.2, 0) is 4.79 Å². The van der Waals surface area contributed by atoms with Gasteiger partial charge in [0.25, 0.3) is 0 Å². The number of amides is 1. The number of carbonyl (C=O) groups is 1. The van der Waals surface area contributed by atoms with E-state index >= 15 is 0 Å². The number of quaternary nitrogens is 1. The topological polar surface area (TPSA) is 144 Å². The zero-order valence-electron chi connectivity index (χ0n) is 18.7. The smallest absolute Gasteiger partial charge is 0.227 e. The Bertz CT molecular complexity index is 1230. The second kappa shape index (κ2) is 11.1. The molecule has 35 heavy (non-hydrogen) atoms. The summed E-state index contributed by atoms with van der Waals surface area (Å²) in [5.41, 5.74) is 7.64. The Balaban J connectivity index is 1.50. The highest BCUT2D eigenvalue weighted by molar-refractivity contribution is 6.36. The summed E-state index contributed by atoms with van der Waals surface area (Å²) in [5, 5.41) is 26.3. The highest BCUT2D eigenvalue weighted by atomic mass is 35.5. The molecule has 1 aliphatic rings. The Hall–Kier alpha value is -3.15. The number of halogens is 2. The van der Waals surface area contributed by atoms with Crippen LogP contribution >= 0.6 is 23.2 Å². The van der Waals surface area contributed by atoms with Gasteiger partial charge in [0.2, 0.25) is 11.6 Å². The average molecular weight is 518 g/mol. The number of rotatable bonds is 8. The summed E-state index contributed by atoms with van der Waals surface area (Å²) in [6.45, 7) is 1.60. The van der Waals surface area contributed by atoms with Crippen LogP contribution in [-0.4, -0.2) is 40.7 Å². The SMILES string of the molecule is Nc1nc(NCCNc2ccc(N3CCCCC3=O)c(-c3ccc(Cl)cc3Cl)n2)ccc1[NH+]([O-])O. The largest absolute Gasteiger partial charge is 0.595 e. The lowest BCUT2D eigenvalue weighted by molar-refractivity contribution is -0.990. The van der Waals surface area contributed by atoms with Gasteiger partial charge in [-0.05, 0) is 49.2 Å². The van der Waals surface area contributed by atoms with Crippen molar-refractivity contribution < 1.29 is 15.2 Å². The van der Waals surface area contributed by atoms with E-state index < -0.39 is 5.23 Å². The van der Waals surface area contributed by atoms with Crippen LogP contribution < -0.4 is 26.5 Å². The van der Waals surface area contributed by atoms with E-state index in [0.29, 0.717) is 64.7 Å². The zero-order chi connectivity index (χ0) is 24.9. The molecule has 6 N–H and O–H groups in total. The minimum atomic E-state index is -1.12. The first-order chi connectivity index (χ1) is 16.8. The quantitative estimate of drug-likeness (QED) is 0.225. The molecule has 4 rings (SSSR count). The monoisotopic (exact) mass is 517 g/mol. The number of carbonyl (C=O) groups excluding carboxylic acids is 1. The lowest BCUT2D eigenvalue weighted by Gasteiger charge is -2.28. The van der Waals surface area contributed by atoms with E-state index in [1.807, 2.05) is 12.1 Å². The van der Waals surface area contributed by atoms with E-state index in [1.165, 1.54) is 6.07 Å². The maximum Gasteiger partial charge on any atom is 0.227 e. The van der Waals surface area contributed by atoms with Gasteiger partial charge in [0.15, 0.2) is 5.82 Å².